The minimum Gasteiger partial charge on any atom is -0.335 e. The van der Waals surface area contributed by atoms with Crippen LogP contribution in [0.25, 0.3) is 0 Å². The van der Waals surface area contributed by atoms with E-state index in [0.717, 1.165) is 0 Å². The van der Waals surface area contributed by atoms with Crippen molar-refractivity contribution >= 4 is 17.5 Å². The molecule has 0 aromatic heterocycles. The fourth-order valence-electron chi connectivity index (χ4n) is 1.61. The number of halogens is 1. The van der Waals surface area contributed by atoms with Crippen LogP contribution in [0.5, 0.6) is 0 Å². The molecule has 1 rings (SSSR count). The van der Waals surface area contributed by atoms with Gasteiger partial charge in [-0.3, -0.25) is 4.79 Å². The molecule has 0 aliphatic rings. The van der Waals surface area contributed by atoms with E-state index in [1.165, 1.54) is 11.1 Å². The molecule has 2 nitrogen and oxygen atoms in total. The van der Waals surface area contributed by atoms with Crippen LogP contribution in [0.15, 0.2) is 24.3 Å². The van der Waals surface area contributed by atoms with Crippen molar-refractivity contribution in [3.8, 4) is 0 Å². The fraction of sp³-hybridized carbons (Fsp3) is 0.462. The zero-order chi connectivity index (χ0) is 12.1. The van der Waals surface area contributed by atoms with Gasteiger partial charge in [-0.1, -0.05) is 24.3 Å². The van der Waals surface area contributed by atoms with Crippen LogP contribution >= 0.6 is 11.6 Å². The summed E-state index contributed by atoms with van der Waals surface area (Å²) < 4.78 is 0. The number of hydrogen-bond donors (Lipinski definition) is 0. The lowest BCUT2D eigenvalue weighted by molar-refractivity contribution is -0.130. The number of nitrogens with zero attached hydrogens (tertiary/aromatic N) is 1. The van der Waals surface area contributed by atoms with Crippen LogP contribution in [0.2, 0.25) is 0 Å². The lowest BCUT2D eigenvalue weighted by Gasteiger charge is -2.26. The molecular formula is C13H18ClNO. The average Bonchev–Trinajstić information content (AvgIpc) is 2.26. The van der Waals surface area contributed by atoms with Crippen LogP contribution in [0.3, 0.4) is 0 Å². The van der Waals surface area contributed by atoms with Crippen molar-refractivity contribution in [2.24, 2.45) is 0 Å². The Morgan fingerprint density at radius 3 is 2.50 bits per heavy atom. The van der Waals surface area contributed by atoms with Crippen molar-refractivity contribution in [3.05, 3.63) is 35.4 Å². The van der Waals surface area contributed by atoms with Gasteiger partial charge < -0.3 is 4.90 Å². The van der Waals surface area contributed by atoms with Gasteiger partial charge in [0.25, 0.3) is 0 Å². The summed E-state index contributed by atoms with van der Waals surface area (Å²) in [6.07, 6.45) is 0. The normalized spacial score (nSPS) is 10.6. The molecule has 0 aliphatic carbocycles. The summed E-state index contributed by atoms with van der Waals surface area (Å²) in [6.45, 7) is 6.69. The van der Waals surface area contributed by atoms with Gasteiger partial charge in [-0.05, 0) is 31.9 Å². The van der Waals surface area contributed by atoms with Gasteiger partial charge in [-0.2, -0.15) is 0 Å². The Bertz CT molecular complexity index is 363. The molecule has 1 aromatic carbocycles. The van der Waals surface area contributed by atoms with Gasteiger partial charge in [-0.25, -0.2) is 0 Å². The van der Waals surface area contributed by atoms with Crippen LogP contribution in [0.1, 0.15) is 25.0 Å². The van der Waals surface area contributed by atoms with Crippen molar-refractivity contribution < 1.29 is 4.79 Å². The minimum atomic E-state index is -0.0140. The SMILES string of the molecule is Cc1ccccc1CN(C(=O)CCl)C(C)C. The molecule has 16 heavy (non-hydrogen) atoms. The topological polar surface area (TPSA) is 20.3 Å². The van der Waals surface area contributed by atoms with E-state index in [0.29, 0.717) is 6.54 Å². The van der Waals surface area contributed by atoms with E-state index in [2.05, 4.69) is 13.0 Å². The summed E-state index contributed by atoms with van der Waals surface area (Å²) in [4.78, 5) is 13.5. The van der Waals surface area contributed by atoms with E-state index >= 15 is 0 Å². The Morgan fingerprint density at radius 1 is 1.38 bits per heavy atom. The van der Waals surface area contributed by atoms with Gasteiger partial charge in [0, 0.05) is 12.6 Å². The first-order valence-corrected chi connectivity index (χ1v) is 5.99. The van der Waals surface area contributed by atoms with Crippen molar-refractivity contribution in [1.29, 1.82) is 0 Å². The number of hydrogen-bond acceptors (Lipinski definition) is 1. The second-order valence-corrected chi connectivity index (χ2v) is 4.44. The lowest BCUT2D eigenvalue weighted by Crippen LogP contribution is -2.37. The Labute approximate surface area is 102 Å². The molecule has 1 aromatic rings. The highest BCUT2D eigenvalue weighted by atomic mass is 35.5. The van der Waals surface area contributed by atoms with Crippen LogP contribution in [0, 0.1) is 6.92 Å². The molecule has 0 atom stereocenters. The molecule has 0 aliphatic heterocycles. The lowest BCUT2D eigenvalue weighted by atomic mass is 10.1. The number of benzene rings is 1. The molecule has 0 N–H and O–H groups in total. The van der Waals surface area contributed by atoms with E-state index in [1.807, 2.05) is 32.0 Å². The highest BCUT2D eigenvalue weighted by molar-refractivity contribution is 6.27. The van der Waals surface area contributed by atoms with Crippen LogP contribution in [0.4, 0.5) is 0 Å². The highest BCUT2D eigenvalue weighted by Gasteiger charge is 2.16. The van der Waals surface area contributed by atoms with Gasteiger partial charge in [0.2, 0.25) is 5.91 Å². The zero-order valence-electron chi connectivity index (χ0n) is 10.0. The molecule has 88 valence electrons. The Balaban J connectivity index is 2.84. The molecule has 1 amide bonds. The number of carbonyl (C=O) groups is 1. The Kier molecular flexibility index (Phi) is 4.81. The second-order valence-electron chi connectivity index (χ2n) is 4.18. The maximum Gasteiger partial charge on any atom is 0.238 e. The predicted octanol–water partition coefficient (Wildman–Crippen LogP) is 2.97. The molecule has 0 fully saturated rings. The third-order valence-electron chi connectivity index (χ3n) is 2.66. The summed E-state index contributed by atoms with van der Waals surface area (Å²) >= 11 is 5.61. The monoisotopic (exact) mass is 239 g/mol. The standard InChI is InChI=1S/C13H18ClNO/c1-10(2)15(13(16)8-14)9-12-7-5-4-6-11(12)3/h4-7,10H,8-9H2,1-3H3. The van der Waals surface area contributed by atoms with Crippen LogP contribution in [-0.2, 0) is 11.3 Å². The number of alkyl halides is 1. The van der Waals surface area contributed by atoms with E-state index in [9.17, 15) is 4.79 Å². The second kappa shape index (κ2) is 5.90. The number of carbonyl (C=O) groups excluding carboxylic acids is 1. The fourth-order valence-corrected chi connectivity index (χ4v) is 1.76. The molecule has 0 heterocycles. The van der Waals surface area contributed by atoms with Crippen molar-refractivity contribution in [1.82, 2.24) is 4.90 Å². The van der Waals surface area contributed by atoms with Gasteiger partial charge >= 0.3 is 0 Å². The Morgan fingerprint density at radius 2 is 2.00 bits per heavy atom. The van der Waals surface area contributed by atoms with E-state index in [4.69, 9.17) is 11.6 Å². The first kappa shape index (κ1) is 13.0. The summed E-state index contributed by atoms with van der Waals surface area (Å²) in [5, 5.41) is 0. The summed E-state index contributed by atoms with van der Waals surface area (Å²) in [6, 6.07) is 8.27. The highest BCUT2D eigenvalue weighted by Crippen LogP contribution is 2.13. The third-order valence-corrected chi connectivity index (χ3v) is 2.89. The average molecular weight is 240 g/mol. The smallest absolute Gasteiger partial charge is 0.238 e. The van der Waals surface area contributed by atoms with Crippen LogP contribution in [-0.4, -0.2) is 22.7 Å². The molecule has 3 heteroatoms. The number of aryl methyl sites for hydroxylation is 1. The van der Waals surface area contributed by atoms with Gasteiger partial charge in [0.1, 0.15) is 5.88 Å². The van der Waals surface area contributed by atoms with Crippen molar-refractivity contribution in [2.45, 2.75) is 33.4 Å². The molecule has 0 unspecified atom stereocenters. The zero-order valence-corrected chi connectivity index (χ0v) is 10.8. The van der Waals surface area contributed by atoms with Gasteiger partial charge in [0.15, 0.2) is 0 Å². The number of rotatable bonds is 4. The van der Waals surface area contributed by atoms with Crippen molar-refractivity contribution in [3.63, 3.8) is 0 Å². The summed E-state index contributed by atoms with van der Waals surface area (Å²) in [5.74, 6) is 0.0317. The van der Waals surface area contributed by atoms with E-state index < -0.39 is 0 Å². The number of amides is 1. The first-order chi connectivity index (χ1) is 7.56. The molecule has 0 saturated carbocycles. The molecule has 0 bridgehead atoms. The predicted molar refractivity (Wildman–Crippen MR) is 67.6 cm³/mol. The molecule has 0 saturated heterocycles. The Hall–Kier alpha value is -1.02. The van der Waals surface area contributed by atoms with E-state index in [-0.39, 0.29) is 17.8 Å². The third kappa shape index (κ3) is 3.24. The first-order valence-electron chi connectivity index (χ1n) is 5.46. The maximum absolute atomic E-state index is 11.7. The minimum absolute atomic E-state index is 0.0140. The van der Waals surface area contributed by atoms with Gasteiger partial charge in [0.05, 0.1) is 0 Å². The summed E-state index contributed by atoms with van der Waals surface area (Å²) in [5.41, 5.74) is 2.38. The van der Waals surface area contributed by atoms with Gasteiger partial charge in [-0.15, -0.1) is 11.6 Å². The molecular weight excluding hydrogens is 222 g/mol. The summed E-state index contributed by atoms with van der Waals surface area (Å²) in [7, 11) is 0. The molecule has 0 spiro atoms. The maximum atomic E-state index is 11.7. The van der Waals surface area contributed by atoms with E-state index in [1.54, 1.807) is 4.90 Å². The largest absolute Gasteiger partial charge is 0.335 e. The molecule has 0 radical (unpaired) electrons. The van der Waals surface area contributed by atoms with Crippen LogP contribution < -0.4 is 0 Å². The van der Waals surface area contributed by atoms with Crippen molar-refractivity contribution in [2.75, 3.05) is 5.88 Å². The quantitative estimate of drug-likeness (QED) is 0.740.